The van der Waals surface area contributed by atoms with Gasteiger partial charge in [0.05, 0.1) is 46.1 Å². The van der Waals surface area contributed by atoms with Gasteiger partial charge in [0.1, 0.15) is 85.3 Å². The summed E-state index contributed by atoms with van der Waals surface area (Å²) >= 11 is 0. The average Bonchev–Trinajstić information content (AvgIpc) is 1.39. The van der Waals surface area contributed by atoms with E-state index in [0.717, 1.165) is 0 Å². The van der Waals surface area contributed by atoms with Gasteiger partial charge >= 0.3 is 11.9 Å². The second-order valence-electron chi connectivity index (χ2n) is 25.7. The molecule has 0 aromatic heterocycles. The number of fused-ring (bicyclic) bond motifs is 3. The molecule has 4 aliphatic carbocycles. The third-order valence-electron chi connectivity index (χ3n) is 20.5. The fourth-order valence-electron chi connectivity index (χ4n) is 16.1. The van der Waals surface area contributed by atoms with Crippen LogP contribution in [0.15, 0.2) is 60.7 Å². The molecular weight excluding hydrogens is 1160 g/mol. The summed E-state index contributed by atoms with van der Waals surface area (Å²) < 4.78 is 47.7. The van der Waals surface area contributed by atoms with E-state index >= 15 is 4.79 Å². The van der Waals surface area contributed by atoms with Crippen LogP contribution >= 0.6 is 0 Å². The number of rotatable bonds is 23. The van der Waals surface area contributed by atoms with E-state index in [1.165, 1.54) is 25.2 Å². The summed E-state index contributed by atoms with van der Waals surface area (Å²) in [5, 5.41) is 132. The SMILES string of the molecule is C=C1C[C@@]23CC[C@H]4[C@@](C)(CCC[C@@]4(C)C(=O)N(CCCc4ccc(OC)c(O)c4)[C@H](CC(=O)O)C(=O)NC(Cc4ccccc4)C(=O)OC)[C@@H]2CC[C@]1(O[C@@H]1O[C@H](CO)[C@@H](O)[C@H](O[C@@H]2O[C@H](CO)[C@@H](O)[C@H](O)[C@H]2O)[C@H]1O[C@@H]1O[C@H](CO)[C@@H](O)[C@H](O)[C@H]1O)C3. The Balaban J connectivity index is 1.01. The maximum absolute atomic E-state index is 16.1. The molecule has 1 spiro atoms. The molecule has 7 aliphatic rings. The molecular formula is C62H88N2O24. The Hall–Kier alpha value is -4.98. The largest absolute Gasteiger partial charge is 0.504 e. The number of aliphatic carboxylic acids is 1. The van der Waals surface area contributed by atoms with Gasteiger partial charge in [-0.25, -0.2) is 4.79 Å². The van der Waals surface area contributed by atoms with E-state index in [2.05, 4.69) is 18.8 Å². The molecule has 4 saturated carbocycles. The third-order valence-corrected chi connectivity index (χ3v) is 20.5. The Labute approximate surface area is 509 Å². The van der Waals surface area contributed by atoms with Crippen LogP contribution in [-0.2, 0) is 65.2 Å². The summed E-state index contributed by atoms with van der Waals surface area (Å²) in [6.07, 6.45) is -22.5. The lowest BCUT2D eigenvalue weighted by atomic mass is 9.40. The number of esters is 1. The van der Waals surface area contributed by atoms with E-state index in [4.69, 9.17) is 37.9 Å². The van der Waals surface area contributed by atoms with Crippen molar-refractivity contribution in [2.24, 2.45) is 28.1 Å². The van der Waals surface area contributed by atoms with Gasteiger partial charge in [-0.3, -0.25) is 14.4 Å². The molecule has 0 radical (unpaired) electrons. The number of phenolic OH excluding ortho intramolecular Hbond substituents is 1. The number of hydrogen-bond donors (Lipinski definition) is 13. The molecule has 9 rings (SSSR count). The standard InChI is InChI=1S/C62H88N2O24/c1-31-26-61-20-16-41-59(2,18-10-19-60(41,3)58(80)64(22-9-13-33-14-15-37(81-4)36(68)24-33)35(25-43(69)70)53(78)63-34(54(79)82-5)23-32-11-7-6-8-12-32)42(61)17-21-62(31,30-61)88-57-52(87-56-50(77)48(75)45(72)39(28-66)84-56)51(46(73)40(29-67)85-57)86-55-49(76)47(74)44(71)38(27-65)83-55/h6-8,11-12,14-15,24,34-35,38-42,44-52,55-57,65-68,71-77H,1,9-10,13,16-23,25-30H2,2-5H3,(H,63,78)(H,69,70)/t34?,35-,38-,39-,40-,41+,42+,44-,45-,46-,47+,48+,49-,50-,51+,52-,55+,56+,57+,59-,60-,61-,62+/m1/s1. The zero-order chi connectivity index (χ0) is 63.8. The molecule has 2 aromatic rings. The van der Waals surface area contributed by atoms with Crippen LogP contribution in [0, 0.1) is 28.1 Å². The van der Waals surface area contributed by atoms with Crippen molar-refractivity contribution in [2.45, 2.75) is 207 Å². The highest BCUT2D eigenvalue weighted by molar-refractivity contribution is 5.94. The van der Waals surface area contributed by atoms with E-state index in [1.54, 1.807) is 42.5 Å². The van der Waals surface area contributed by atoms with Crippen molar-refractivity contribution in [2.75, 3.05) is 40.6 Å². The molecule has 3 aliphatic heterocycles. The predicted octanol–water partition coefficient (Wildman–Crippen LogP) is -0.538. The number of aliphatic hydroxyl groups is 10. The summed E-state index contributed by atoms with van der Waals surface area (Å²) in [7, 11) is 2.60. The molecule has 2 aromatic carbocycles. The maximum Gasteiger partial charge on any atom is 0.328 e. The van der Waals surface area contributed by atoms with E-state index in [9.17, 15) is 75.7 Å². The highest BCUT2D eigenvalue weighted by Crippen LogP contribution is 2.74. The lowest BCUT2D eigenvalue weighted by Crippen LogP contribution is -2.68. The predicted molar refractivity (Wildman–Crippen MR) is 304 cm³/mol. The molecule has 490 valence electrons. The summed E-state index contributed by atoms with van der Waals surface area (Å²) in [5.74, 6) is -3.60. The highest BCUT2D eigenvalue weighted by Gasteiger charge is 2.70. The molecule has 2 amide bonds. The number of methoxy groups -OCH3 is 2. The minimum absolute atomic E-state index is 0.0188. The van der Waals surface area contributed by atoms with Crippen molar-refractivity contribution in [3.05, 3.63) is 71.8 Å². The Morgan fingerprint density at radius 3 is 1.92 bits per heavy atom. The minimum atomic E-state index is -1.99. The first-order chi connectivity index (χ1) is 41.8. The molecule has 1 unspecified atom stereocenters. The molecule has 7 fully saturated rings. The number of hydrogen-bond acceptors (Lipinski definition) is 23. The zero-order valence-corrected chi connectivity index (χ0v) is 50.0. The lowest BCUT2D eigenvalue weighted by molar-refractivity contribution is -0.400. The van der Waals surface area contributed by atoms with Crippen molar-refractivity contribution < 1.29 is 118 Å². The number of ether oxygens (including phenoxy) is 8. The molecule has 13 N–H and O–H groups in total. The number of nitrogens with zero attached hydrogens (tertiary/aromatic N) is 1. The first-order valence-electron chi connectivity index (χ1n) is 30.4. The smallest absolute Gasteiger partial charge is 0.328 e. The molecule has 23 atom stereocenters. The number of amides is 2. The zero-order valence-electron chi connectivity index (χ0n) is 50.0. The molecule has 88 heavy (non-hydrogen) atoms. The Kier molecular flexibility index (Phi) is 21.0. The van der Waals surface area contributed by atoms with Crippen LogP contribution in [0.25, 0.3) is 0 Å². The number of carboxylic acids is 1. The number of nitrogens with one attached hydrogen (secondary N) is 1. The van der Waals surface area contributed by atoms with Crippen molar-refractivity contribution in [3.63, 3.8) is 0 Å². The van der Waals surface area contributed by atoms with E-state index in [-0.39, 0.29) is 42.7 Å². The summed E-state index contributed by atoms with van der Waals surface area (Å²) in [6, 6.07) is 11.0. The van der Waals surface area contributed by atoms with Crippen LogP contribution in [0.3, 0.4) is 0 Å². The van der Waals surface area contributed by atoms with Gasteiger partial charge in [0.15, 0.2) is 30.4 Å². The summed E-state index contributed by atoms with van der Waals surface area (Å²) in [4.78, 5) is 58.5. The van der Waals surface area contributed by atoms with Crippen molar-refractivity contribution >= 4 is 23.8 Å². The van der Waals surface area contributed by atoms with Gasteiger partial charge in [0.25, 0.3) is 0 Å². The van der Waals surface area contributed by atoms with Gasteiger partial charge in [0.2, 0.25) is 11.8 Å². The van der Waals surface area contributed by atoms with Crippen LogP contribution in [0.1, 0.15) is 95.6 Å². The average molecular weight is 1250 g/mol. The Bertz CT molecular complexity index is 2780. The second-order valence-corrected chi connectivity index (χ2v) is 25.7. The van der Waals surface area contributed by atoms with Crippen molar-refractivity contribution in [1.82, 2.24) is 10.2 Å². The number of carbonyl (C=O) groups excluding carboxylic acids is 3. The van der Waals surface area contributed by atoms with Gasteiger partial charge in [-0.05, 0) is 116 Å². The van der Waals surface area contributed by atoms with Gasteiger partial charge in [-0.1, -0.05) is 63.2 Å². The molecule has 3 heterocycles. The van der Waals surface area contributed by atoms with E-state index in [1.807, 2.05) is 6.92 Å². The van der Waals surface area contributed by atoms with Gasteiger partial charge in [-0.15, -0.1) is 0 Å². The monoisotopic (exact) mass is 1240 g/mol. The number of carbonyl (C=O) groups is 4. The van der Waals surface area contributed by atoms with Gasteiger partial charge < -0.3 is 109 Å². The normalized spacial score (nSPS) is 39.5. The molecule has 26 heteroatoms. The molecule has 26 nitrogen and oxygen atoms in total. The van der Waals surface area contributed by atoms with Crippen LogP contribution in [0.2, 0.25) is 0 Å². The molecule has 3 saturated heterocycles. The summed E-state index contributed by atoms with van der Waals surface area (Å²) in [5.41, 5.74) is -1.38. The van der Waals surface area contributed by atoms with Crippen molar-refractivity contribution in [3.8, 4) is 11.5 Å². The van der Waals surface area contributed by atoms with Crippen LogP contribution in [0.4, 0.5) is 0 Å². The van der Waals surface area contributed by atoms with E-state index in [0.29, 0.717) is 80.9 Å². The molecule has 2 bridgehead atoms. The second kappa shape index (κ2) is 27.5. The third kappa shape index (κ3) is 13.0. The highest BCUT2D eigenvalue weighted by atomic mass is 16.8. The van der Waals surface area contributed by atoms with Crippen LogP contribution in [-0.4, -0.2) is 240 Å². The number of aliphatic hydroxyl groups excluding tert-OH is 10. The van der Waals surface area contributed by atoms with Crippen molar-refractivity contribution in [1.29, 1.82) is 0 Å². The number of phenols is 1. The van der Waals surface area contributed by atoms with E-state index < -0.39 is 176 Å². The number of aromatic hydroxyl groups is 1. The van der Waals surface area contributed by atoms with Crippen LogP contribution < -0.4 is 10.1 Å². The first-order valence-corrected chi connectivity index (χ1v) is 30.4. The quantitative estimate of drug-likeness (QED) is 0.0378. The van der Waals surface area contributed by atoms with Crippen LogP contribution in [0.5, 0.6) is 11.5 Å². The van der Waals surface area contributed by atoms with Gasteiger partial charge in [-0.2, -0.15) is 0 Å². The Morgan fingerprint density at radius 2 is 1.33 bits per heavy atom. The summed E-state index contributed by atoms with van der Waals surface area (Å²) in [6.45, 7) is 6.10. The fourth-order valence-corrected chi connectivity index (χ4v) is 16.1. The number of benzene rings is 2. The lowest BCUT2D eigenvalue weighted by Gasteiger charge is -2.64. The number of aryl methyl sites for hydroxylation is 1. The topological polar surface area (TPSA) is 400 Å². The minimum Gasteiger partial charge on any atom is -0.504 e. The van der Waals surface area contributed by atoms with Gasteiger partial charge in [0, 0.05) is 18.4 Å². The maximum atomic E-state index is 16.1. The fraction of sp³-hybridized carbons (Fsp3) is 0.710. The number of carboxylic acid groups (broad SMARTS) is 1. The Morgan fingerprint density at radius 1 is 0.727 bits per heavy atom. The first kappa shape index (κ1) is 67.4.